The van der Waals surface area contributed by atoms with Gasteiger partial charge in [-0.25, -0.2) is 0 Å². The second-order valence-electron chi connectivity index (χ2n) is 2.89. The molecule has 0 aromatic carbocycles. The van der Waals surface area contributed by atoms with Crippen LogP contribution in [-0.2, 0) is 0 Å². The van der Waals surface area contributed by atoms with E-state index >= 15 is 0 Å². The lowest BCUT2D eigenvalue weighted by Gasteiger charge is -2.12. The summed E-state index contributed by atoms with van der Waals surface area (Å²) in [5, 5.41) is 0. The zero-order valence-corrected chi connectivity index (χ0v) is 6.93. The summed E-state index contributed by atoms with van der Waals surface area (Å²) in [6.45, 7) is 4.54. The highest BCUT2D eigenvalue weighted by molar-refractivity contribution is 5.24. The molecule has 10 heavy (non-hydrogen) atoms. The number of rotatable bonds is 3. The lowest BCUT2D eigenvalue weighted by atomic mass is 9.93. The molecule has 1 aliphatic rings. The van der Waals surface area contributed by atoms with Crippen molar-refractivity contribution in [3.63, 3.8) is 0 Å². The van der Waals surface area contributed by atoms with Gasteiger partial charge in [-0.1, -0.05) is 37.6 Å². The molecule has 0 heteroatoms. The topological polar surface area (TPSA) is 0 Å². The summed E-state index contributed by atoms with van der Waals surface area (Å²) in [7, 11) is 0. The van der Waals surface area contributed by atoms with Gasteiger partial charge >= 0.3 is 0 Å². The van der Waals surface area contributed by atoms with E-state index in [1.54, 1.807) is 5.57 Å². The van der Waals surface area contributed by atoms with E-state index in [1.165, 1.54) is 19.3 Å². The predicted octanol–water partition coefficient (Wildman–Crippen LogP) is 3.31. The minimum absolute atomic E-state index is 0.843. The molecule has 0 fully saturated rings. The van der Waals surface area contributed by atoms with E-state index in [0.29, 0.717) is 0 Å². The molecule has 0 atom stereocenters. The van der Waals surface area contributed by atoms with Crippen LogP contribution in [0.3, 0.4) is 0 Å². The van der Waals surface area contributed by atoms with E-state index in [4.69, 9.17) is 0 Å². The van der Waals surface area contributed by atoms with E-state index in [0.717, 1.165) is 5.92 Å². The standard InChI is InChI=1S/C10H16/c1-3-9(4-2)10-7-5-6-8-10/h5-7,9H,3-4,8H2,1-2H3. The third-order valence-corrected chi connectivity index (χ3v) is 2.31. The Kier molecular flexibility index (Phi) is 2.73. The third kappa shape index (κ3) is 1.50. The molecule has 0 unspecified atom stereocenters. The van der Waals surface area contributed by atoms with Crippen LogP contribution in [-0.4, -0.2) is 0 Å². The normalized spacial score (nSPS) is 16.5. The SMILES string of the molecule is CCC(CC)C1=CC=CC1. The molecule has 0 radical (unpaired) electrons. The quantitative estimate of drug-likeness (QED) is 0.558. The molecule has 0 saturated carbocycles. The summed E-state index contributed by atoms with van der Waals surface area (Å²) in [5.74, 6) is 0.843. The lowest BCUT2D eigenvalue weighted by Crippen LogP contribution is -1.98. The fourth-order valence-corrected chi connectivity index (χ4v) is 1.58. The highest BCUT2D eigenvalue weighted by Gasteiger charge is 2.09. The molecule has 0 aliphatic heterocycles. The third-order valence-electron chi connectivity index (χ3n) is 2.31. The van der Waals surface area contributed by atoms with Gasteiger partial charge in [0.2, 0.25) is 0 Å². The van der Waals surface area contributed by atoms with Gasteiger partial charge in [0.25, 0.3) is 0 Å². The number of hydrogen-bond acceptors (Lipinski definition) is 0. The molecule has 0 saturated heterocycles. The molecule has 0 spiro atoms. The molecule has 0 bridgehead atoms. The zero-order valence-electron chi connectivity index (χ0n) is 6.93. The Morgan fingerprint density at radius 1 is 1.40 bits per heavy atom. The van der Waals surface area contributed by atoms with E-state index in [2.05, 4.69) is 32.1 Å². The van der Waals surface area contributed by atoms with Crippen LogP contribution in [0.1, 0.15) is 33.1 Å². The summed E-state index contributed by atoms with van der Waals surface area (Å²) in [6, 6.07) is 0. The molecule has 0 N–H and O–H groups in total. The first kappa shape index (κ1) is 7.59. The van der Waals surface area contributed by atoms with Gasteiger partial charge in [-0.15, -0.1) is 0 Å². The van der Waals surface area contributed by atoms with Crippen molar-refractivity contribution in [1.29, 1.82) is 0 Å². The van der Waals surface area contributed by atoms with Crippen LogP contribution in [0, 0.1) is 5.92 Å². The largest absolute Gasteiger partial charge is 0.0805 e. The maximum absolute atomic E-state index is 2.28. The Bertz CT molecular complexity index is 147. The average molecular weight is 136 g/mol. The Labute approximate surface area is 63.6 Å². The van der Waals surface area contributed by atoms with Crippen molar-refractivity contribution in [3.05, 3.63) is 23.8 Å². The summed E-state index contributed by atoms with van der Waals surface area (Å²) in [4.78, 5) is 0. The lowest BCUT2D eigenvalue weighted by molar-refractivity contribution is 0.565. The Balaban J connectivity index is 2.47. The predicted molar refractivity (Wildman–Crippen MR) is 45.9 cm³/mol. The van der Waals surface area contributed by atoms with Gasteiger partial charge in [-0.05, 0) is 25.2 Å². The van der Waals surface area contributed by atoms with Crippen molar-refractivity contribution in [1.82, 2.24) is 0 Å². The van der Waals surface area contributed by atoms with Crippen LogP contribution in [0.5, 0.6) is 0 Å². The molecular formula is C10H16. The van der Waals surface area contributed by atoms with Gasteiger partial charge in [0, 0.05) is 0 Å². The molecule has 1 rings (SSSR count). The van der Waals surface area contributed by atoms with Crippen LogP contribution >= 0.6 is 0 Å². The average Bonchev–Trinajstić information content (AvgIpc) is 2.43. The maximum atomic E-state index is 2.28. The van der Waals surface area contributed by atoms with Gasteiger partial charge < -0.3 is 0 Å². The van der Waals surface area contributed by atoms with Gasteiger partial charge in [-0.2, -0.15) is 0 Å². The summed E-state index contributed by atoms with van der Waals surface area (Å²) in [5.41, 5.74) is 1.63. The Morgan fingerprint density at radius 3 is 2.50 bits per heavy atom. The van der Waals surface area contributed by atoms with Crippen molar-refractivity contribution in [2.75, 3.05) is 0 Å². The number of hydrogen-bond donors (Lipinski definition) is 0. The first-order valence-electron chi connectivity index (χ1n) is 4.24. The van der Waals surface area contributed by atoms with Crippen molar-refractivity contribution in [2.24, 2.45) is 5.92 Å². The maximum Gasteiger partial charge on any atom is -0.0130 e. The molecule has 0 nitrogen and oxygen atoms in total. The fourth-order valence-electron chi connectivity index (χ4n) is 1.58. The summed E-state index contributed by atoms with van der Waals surface area (Å²) in [6.07, 6.45) is 10.5. The van der Waals surface area contributed by atoms with Crippen molar-refractivity contribution in [2.45, 2.75) is 33.1 Å². The van der Waals surface area contributed by atoms with E-state index in [9.17, 15) is 0 Å². The summed E-state index contributed by atoms with van der Waals surface area (Å²) >= 11 is 0. The molecular weight excluding hydrogens is 120 g/mol. The van der Waals surface area contributed by atoms with Crippen LogP contribution < -0.4 is 0 Å². The molecule has 0 aromatic rings. The second-order valence-corrected chi connectivity index (χ2v) is 2.89. The first-order valence-corrected chi connectivity index (χ1v) is 4.24. The summed E-state index contributed by atoms with van der Waals surface area (Å²) < 4.78 is 0. The van der Waals surface area contributed by atoms with Gasteiger partial charge in [-0.3, -0.25) is 0 Å². The smallest absolute Gasteiger partial charge is 0.0130 e. The second kappa shape index (κ2) is 3.60. The van der Waals surface area contributed by atoms with Crippen LogP contribution in [0.2, 0.25) is 0 Å². The van der Waals surface area contributed by atoms with E-state index in [1.807, 2.05) is 0 Å². The van der Waals surface area contributed by atoms with E-state index in [-0.39, 0.29) is 0 Å². The minimum atomic E-state index is 0.843. The van der Waals surface area contributed by atoms with Gasteiger partial charge in [0.15, 0.2) is 0 Å². The molecule has 0 heterocycles. The molecule has 0 amide bonds. The highest BCUT2D eigenvalue weighted by atomic mass is 14.1. The van der Waals surface area contributed by atoms with E-state index < -0.39 is 0 Å². The van der Waals surface area contributed by atoms with Crippen molar-refractivity contribution >= 4 is 0 Å². The monoisotopic (exact) mass is 136 g/mol. The van der Waals surface area contributed by atoms with Gasteiger partial charge in [0.1, 0.15) is 0 Å². The van der Waals surface area contributed by atoms with Crippen molar-refractivity contribution in [3.8, 4) is 0 Å². The molecule has 56 valence electrons. The van der Waals surface area contributed by atoms with Crippen LogP contribution in [0.25, 0.3) is 0 Å². The molecule has 0 aromatic heterocycles. The van der Waals surface area contributed by atoms with Gasteiger partial charge in [0.05, 0.1) is 0 Å². The fraction of sp³-hybridized carbons (Fsp3) is 0.600. The Morgan fingerprint density at radius 2 is 2.10 bits per heavy atom. The minimum Gasteiger partial charge on any atom is -0.0805 e. The first-order chi connectivity index (χ1) is 4.88. The molecule has 1 aliphatic carbocycles. The van der Waals surface area contributed by atoms with Crippen molar-refractivity contribution < 1.29 is 0 Å². The van der Waals surface area contributed by atoms with Crippen LogP contribution in [0.15, 0.2) is 23.8 Å². The van der Waals surface area contributed by atoms with Crippen LogP contribution in [0.4, 0.5) is 0 Å². The Hall–Kier alpha value is -0.520. The number of allylic oxidation sites excluding steroid dienone is 4. The highest BCUT2D eigenvalue weighted by Crippen LogP contribution is 2.25. The zero-order chi connectivity index (χ0) is 7.40.